The highest BCUT2D eigenvalue weighted by atomic mass is 31.2. The van der Waals surface area contributed by atoms with E-state index in [1.54, 1.807) is 0 Å². The predicted octanol–water partition coefficient (Wildman–Crippen LogP) is 10.7. The van der Waals surface area contributed by atoms with Crippen molar-refractivity contribution >= 4 is 19.8 Å². The van der Waals surface area contributed by atoms with Gasteiger partial charge in [-0.1, -0.05) is 148 Å². The van der Waals surface area contributed by atoms with Gasteiger partial charge in [-0.2, -0.15) is 0 Å². The third-order valence-electron chi connectivity index (χ3n) is 8.40. The highest BCUT2D eigenvalue weighted by Crippen LogP contribution is 2.43. The molecule has 3 N–H and O–H groups in total. The third kappa shape index (κ3) is 34.6. The van der Waals surface area contributed by atoms with Crippen molar-refractivity contribution in [1.29, 1.82) is 0 Å². The zero-order valence-electron chi connectivity index (χ0n) is 31.0. The van der Waals surface area contributed by atoms with Gasteiger partial charge in [-0.25, -0.2) is 4.57 Å². The number of allylic oxidation sites excluding steroid dienone is 2. The van der Waals surface area contributed by atoms with E-state index in [1.165, 1.54) is 109 Å². The number of phosphoric acid groups is 1. The fraction of sp³-hybridized carbons (Fsp3) is 0.895. The van der Waals surface area contributed by atoms with Crippen LogP contribution in [0, 0.1) is 0 Å². The molecule has 0 rings (SSSR count). The second kappa shape index (κ2) is 35.6. The van der Waals surface area contributed by atoms with Gasteiger partial charge < -0.3 is 20.1 Å². The van der Waals surface area contributed by atoms with Crippen LogP contribution in [0.2, 0.25) is 0 Å². The first-order valence-corrected chi connectivity index (χ1v) is 21.2. The van der Waals surface area contributed by atoms with Crippen molar-refractivity contribution in [2.45, 2.75) is 193 Å². The summed E-state index contributed by atoms with van der Waals surface area (Å²) in [6, 6.07) is 0. The van der Waals surface area contributed by atoms with Crippen LogP contribution in [0.3, 0.4) is 0 Å². The molecule has 2 atom stereocenters. The second-order valence-electron chi connectivity index (χ2n) is 13.2. The number of rotatable bonds is 37. The molecule has 0 fully saturated rings. The van der Waals surface area contributed by atoms with E-state index in [9.17, 15) is 19.0 Å². The highest BCUT2D eigenvalue weighted by Gasteiger charge is 2.25. The van der Waals surface area contributed by atoms with Crippen LogP contribution in [-0.2, 0) is 32.7 Å². The summed E-state index contributed by atoms with van der Waals surface area (Å²) in [4.78, 5) is 34.7. The lowest BCUT2D eigenvalue weighted by Crippen LogP contribution is -2.29. The molecule has 0 heterocycles. The number of hydrogen-bond donors (Lipinski definition) is 2. The SMILES string of the molecule is CCCCCC/C=C/CCCCCCCCCC(=O)OC[C@H](COP(=O)(O)OCCN)OC(=O)CCCCCCCCCCCCCC. The van der Waals surface area contributed by atoms with Crippen molar-refractivity contribution in [3.63, 3.8) is 0 Å². The van der Waals surface area contributed by atoms with E-state index < -0.39 is 26.5 Å². The van der Waals surface area contributed by atoms with E-state index in [1.807, 2.05) is 0 Å². The van der Waals surface area contributed by atoms with Gasteiger partial charge in [0.1, 0.15) is 6.61 Å². The third-order valence-corrected chi connectivity index (χ3v) is 9.39. The van der Waals surface area contributed by atoms with Gasteiger partial charge in [0, 0.05) is 19.4 Å². The van der Waals surface area contributed by atoms with Crippen LogP contribution >= 0.6 is 7.82 Å². The van der Waals surface area contributed by atoms with Crippen molar-refractivity contribution in [3.05, 3.63) is 12.2 Å². The van der Waals surface area contributed by atoms with Crippen LogP contribution < -0.4 is 5.73 Å². The molecule has 0 saturated heterocycles. The molecule has 9 nitrogen and oxygen atoms in total. The molecular weight excluding hydrogens is 629 g/mol. The molecule has 0 saturated carbocycles. The minimum atomic E-state index is -4.36. The van der Waals surface area contributed by atoms with Crippen molar-refractivity contribution in [2.75, 3.05) is 26.4 Å². The van der Waals surface area contributed by atoms with E-state index >= 15 is 0 Å². The van der Waals surface area contributed by atoms with E-state index in [0.29, 0.717) is 6.42 Å². The van der Waals surface area contributed by atoms with Crippen molar-refractivity contribution in [2.24, 2.45) is 5.73 Å². The summed E-state index contributed by atoms with van der Waals surface area (Å²) in [6.07, 6.45) is 33.8. The molecule has 48 heavy (non-hydrogen) atoms. The van der Waals surface area contributed by atoms with Crippen molar-refractivity contribution in [3.8, 4) is 0 Å². The highest BCUT2D eigenvalue weighted by molar-refractivity contribution is 7.47. The van der Waals surface area contributed by atoms with Crippen LogP contribution in [0.25, 0.3) is 0 Å². The molecule has 0 aliphatic carbocycles. The molecule has 1 unspecified atom stereocenters. The molecule has 0 aromatic carbocycles. The minimum Gasteiger partial charge on any atom is -0.462 e. The van der Waals surface area contributed by atoms with Crippen molar-refractivity contribution < 1.29 is 37.6 Å². The molecule has 0 amide bonds. The molecule has 0 spiro atoms. The van der Waals surface area contributed by atoms with Gasteiger partial charge in [0.15, 0.2) is 6.10 Å². The fourth-order valence-corrected chi connectivity index (χ4v) is 6.22. The number of unbranched alkanes of at least 4 members (excludes halogenated alkanes) is 22. The Hall–Kier alpha value is -1.25. The smallest absolute Gasteiger partial charge is 0.462 e. The summed E-state index contributed by atoms with van der Waals surface area (Å²) in [6.45, 7) is 3.71. The lowest BCUT2D eigenvalue weighted by atomic mass is 10.0. The Bertz CT molecular complexity index is 810. The Labute approximate surface area is 294 Å². The summed E-state index contributed by atoms with van der Waals surface area (Å²) in [5.41, 5.74) is 5.33. The van der Waals surface area contributed by atoms with E-state index in [0.717, 1.165) is 44.9 Å². The number of hydrogen-bond acceptors (Lipinski definition) is 8. The Balaban J connectivity index is 4.18. The van der Waals surface area contributed by atoms with Crippen LogP contribution in [-0.4, -0.2) is 49.3 Å². The number of ether oxygens (including phenoxy) is 2. The molecule has 10 heteroatoms. The summed E-state index contributed by atoms with van der Waals surface area (Å²) in [5, 5.41) is 0. The van der Waals surface area contributed by atoms with Crippen LogP contribution in [0.15, 0.2) is 12.2 Å². The summed E-state index contributed by atoms with van der Waals surface area (Å²) in [7, 11) is -4.36. The van der Waals surface area contributed by atoms with Crippen LogP contribution in [0.5, 0.6) is 0 Å². The standard InChI is InChI=1S/C38H74NO8P/c1-3-5-7-9-11-13-15-17-18-19-21-22-24-26-28-30-37(40)44-34-36(35-46-48(42,43)45-33-32-39)47-38(41)31-29-27-25-23-20-16-14-12-10-8-6-4-2/h13,15,36H,3-12,14,16-35,39H2,1-2H3,(H,42,43)/b15-13+/t36-/m1/s1. The quantitative estimate of drug-likeness (QED) is 0.0280. The molecule has 0 radical (unpaired) electrons. The van der Waals surface area contributed by atoms with E-state index in [-0.39, 0.29) is 38.6 Å². The molecular formula is C38H74NO8P. The van der Waals surface area contributed by atoms with Crippen molar-refractivity contribution in [1.82, 2.24) is 0 Å². The van der Waals surface area contributed by atoms with Gasteiger partial charge in [-0.3, -0.25) is 18.6 Å². The van der Waals surface area contributed by atoms with Gasteiger partial charge in [-0.05, 0) is 38.5 Å². The predicted molar refractivity (Wildman–Crippen MR) is 197 cm³/mol. The number of carbonyl (C=O) groups is 2. The minimum absolute atomic E-state index is 0.0554. The number of nitrogens with two attached hydrogens (primary N) is 1. The van der Waals surface area contributed by atoms with E-state index in [4.69, 9.17) is 24.3 Å². The van der Waals surface area contributed by atoms with Crippen LogP contribution in [0.1, 0.15) is 187 Å². The molecule has 0 aliphatic heterocycles. The topological polar surface area (TPSA) is 134 Å². The lowest BCUT2D eigenvalue weighted by molar-refractivity contribution is -0.161. The number of esters is 2. The van der Waals surface area contributed by atoms with Gasteiger partial charge in [0.05, 0.1) is 13.2 Å². The molecule has 284 valence electrons. The van der Waals surface area contributed by atoms with Crippen LogP contribution in [0.4, 0.5) is 0 Å². The molecule has 0 aromatic rings. The maximum absolute atomic E-state index is 12.5. The van der Waals surface area contributed by atoms with Gasteiger partial charge in [0.25, 0.3) is 0 Å². The second-order valence-corrected chi connectivity index (χ2v) is 14.6. The first kappa shape index (κ1) is 46.8. The van der Waals surface area contributed by atoms with Gasteiger partial charge >= 0.3 is 19.8 Å². The zero-order chi connectivity index (χ0) is 35.4. The normalized spacial score (nSPS) is 13.5. The Morgan fingerprint density at radius 1 is 0.604 bits per heavy atom. The Kier molecular flexibility index (Phi) is 34.6. The summed E-state index contributed by atoms with van der Waals surface area (Å²) >= 11 is 0. The summed E-state index contributed by atoms with van der Waals surface area (Å²) < 4.78 is 32.7. The van der Waals surface area contributed by atoms with Gasteiger partial charge in [0.2, 0.25) is 0 Å². The number of phosphoric ester groups is 1. The maximum atomic E-state index is 12.5. The first-order valence-electron chi connectivity index (χ1n) is 19.7. The Morgan fingerprint density at radius 3 is 1.50 bits per heavy atom. The summed E-state index contributed by atoms with van der Waals surface area (Å²) in [5.74, 6) is -0.828. The first-order chi connectivity index (χ1) is 23.3. The average Bonchev–Trinajstić information content (AvgIpc) is 3.07. The Morgan fingerprint density at radius 2 is 1.02 bits per heavy atom. The zero-order valence-corrected chi connectivity index (χ0v) is 31.9. The fourth-order valence-electron chi connectivity index (χ4n) is 5.45. The number of carbonyl (C=O) groups excluding carboxylic acids is 2. The molecule has 0 aromatic heterocycles. The molecule has 0 bridgehead atoms. The maximum Gasteiger partial charge on any atom is 0.472 e. The monoisotopic (exact) mass is 704 g/mol. The average molecular weight is 704 g/mol. The molecule has 0 aliphatic rings. The lowest BCUT2D eigenvalue weighted by Gasteiger charge is -2.19. The van der Waals surface area contributed by atoms with E-state index in [2.05, 4.69) is 26.0 Å². The van der Waals surface area contributed by atoms with Gasteiger partial charge in [-0.15, -0.1) is 0 Å². The largest absolute Gasteiger partial charge is 0.472 e.